The zero-order chi connectivity index (χ0) is 23.0. The molecular weight excluding hydrogens is 474 g/mol. The Morgan fingerprint density at radius 2 is 1.97 bits per heavy atom. The third-order valence-electron chi connectivity index (χ3n) is 4.60. The minimum atomic E-state index is -1.11. The zero-order valence-electron chi connectivity index (χ0n) is 16.0. The highest BCUT2D eigenvalue weighted by Crippen LogP contribution is 2.37. The van der Waals surface area contributed by atoms with Gasteiger partial charge in [-0.2, -0.15) is 0 Å². The van der Waals surface area contributed by atoms with E-state index >= 15 is 0 Å². The Hall–Kier alpha value is -3.47. The van der Waals surface area contributed by atoms with Crippen LogP contribution in [0.3, 0.4) is 0 Å². The van der Waals surface area contributed by atoms with E-state index in [1.807, 2.05) is 0 Å². The fourth-order valence-corrected chi connectivity index (χ4v) is 4.63. The van der Waals surface area contributed by atoms with Crippen LogP contribution in [0.5, 0.6) is 0 Å². The number of carbonyl (C=O) groups excluding carboxylic acids is 1. The van der Waals surface area contributed by atoms with Crippen LogP contribution in [0.25, 0.3) is 11.8 Å². The van der Waals surface area contributed by atoms with E-state index in [1.165, 1.54) is 41.3 Å². The van der Waals surface area contributed by atoms with Crippen LogP contribution in [0, 0.1) is 10.1 Å². The van der Waals surface area contributed by atoms with Gasteiger partial charge < -0.3 is 9.67 Å². The van der Waals surface area contributed by atoms with E-state index in [-0.39, 0.29) is 15.6 Å². The van der Waals surface area contributed by atoms with E-state index in [0.29, 0.717) is 27.0 Å². The quantitative estimate of drug-likeness (QED) is 0.231. The lowest BCUT2D eigenvalue weighted by Crippen LogP contribution is -2.27. The molecule has 1 saturated heterocycles. The van der Waals surface area contributed by atoms with Gasteiger partial charge >= 0.3 is 5.97 Å². The molecule has 0 radical (unpaired) electrons. The number of hydrogen-bond donors (Lipinski definition) is 1. The van der Waals surface area contributed by atoms with Gasteiger partial charge in [-0.3, -0.25) is 19.8 Å². The number of hydrogen-bond acceptors (Lipinski definition) is 6. The number of nitrogens with zero attached hydrogens (tertiary/aromatic N) is 3. The van der Waals surface area contributed by atoms with Crippen LogP contribution in [-0.2, 0) is 4.79 Å². The summed E-state index contributed by atoms with van der Waals surface area (Å²) in [6, 6.07) is 13.5. The number of amides is 1. The molecule has 1 fully saturated rings. The molecule has 1 aliphatic rings. The van der Waals surface area contributed by atoms with Crippen LogP contribution in [0.2, 0.25) is 5.02 Å². The Morgan fingerprint density at radius 1 is 1.19 bits per heavy atom. The predicted octanol–water partition coefficient (Wildman–Crippen LogP) is 5.14. The first kappa shape index (κ1) is 21.8. The molecule has 1 amide bonds. The van der Waals surface area contributed by atoms with Gasteiger partial charge in [-0.25, -0.2) is 4.79 Å². The first-order valence-corrected chi connectivity index (χ1v) is 10.6. The molecule has 0 atom stereocenters. The summed E-state index contributed by atoms with van der Waals surface area (Å²) in [5.41, 5.74) is 1.23. The van der Waals surface area contributed by atoms with Crippen molar-refractivity contribution in [1.82, 2.24) is 4.57 Å². The summed E-state index contributed by atoms with van der Waals surface area (Å²) in [5.74, 6) is -1.51. The molecule has 1 N–H and O–H groups in total. The lowest BCUT2D eigenvalue weighted by atomic mass is 10.2. The number of aromatic nitrogens is 1. The topological polar surface area (TPSA) is 106 Å². The Morgan fingerprint density at radius 3 is 2.69 bits per heavy atom. The average molecular weight is 486 g/mol. The van der Waals surface area contributed by atoms with Gasteiger partial charge in [0.1, 0.15) is 0 Å². The van der Waals surface area contributed by atoms with Crippen molar-refractivity contribution in [3.63, 3.8) is 0 Å². The Kier molecular flexibility index (Phi) is 5.83. The smallest absolute Gasteiger partial charge is 0.335 e. The number of nitro benzene ring substituents is 1. The van der Waals surface area contributed by atoms with E-state index in [0.717, 1.165) is 11.8 Å². The van der Waals surface area contributed by atoms with Crippen molar-refractivity contribution in [2.24, 2.45) is 0 Å². The van der Waals surface area contributed by atoms with E-state index in [9.17, 15) is 24.8 Å². The molecule has 32 heavy (non-hydrogen) atoms. The van der Waals surface area contributed by atoms with Gasteiger partial charge in [-0.1, -0.05) is 41.6 Å². The second kappa shape index (κ2) is 8.58. The average Bonchev–Trinajstić information content (AvgIpc) is 3.32. The number of benzene rings is 2. The second-order valence-corrected chi connectivity index (χ2v) is 8.65. The predicted molar refractivity (Wildman–Crippen MR) is 126 cm³/mol. The monoisotopic (exact) mass is 485 g/mol. The highest BCUT2D eigenvalue weighted by Gasteiger charge is 2.34. The molecule has 1 aromatic heterocycles. The third-order valence-corrected chi connectivity index (χ3v) is 6.23. The maximum atomic E-state index is 13.1. The first-order valence-electron chi connectivity index (χ1n) is 8.99. The van der Waals surface area contributed by atoms with Gasteiger partial charge in [0.2, 0.25) is 0 Å². The molecule has 0 aliphatic carbocycles. The van der Waals surface area contributed by atoms with E-state index in [1.54, 1.807) is 35.0 Å². The molecule has 8 nitrogen and oxygen atoms in total. The zero-order valence-corrected chi connectivity index (χ0v) is 18.4. The second-order valence-electron chi connectivity index (χ2n) is 6.57. The Balaban J connectivity index is 1.71. The van der Waals surface area contributed by atoms with E-state index in [4.69, 9.17) is 23.8 Å². The van der Waals surface area contributed by atoms with Gasteiger partial charge in [0.25, 0.3) is 11.6 Å². The number of carboxylic acid groups (broad SMARTS) is 1. The Labute approximate surface area is 195 Å². The van der Waals surface area contributed by atoms with Gasteiger partial charge in [0.05, 0.1) is 31.8 Å². The molecule has 4 rings (SSSR count). The number of halogens is 1. The number of thiocarbonyl (C=S) groups is 1. The van der Waals surface area contributed by atoms with Crippen LogP contribution in [0.4, 0.5) is 11.4 Å². The molecule has 0 bridgehead atoms. The van der Waals surface area contributed by atoms with Crippen LogP contribution in [0.15, 0.2) is 65.7 Å². The molecule has 2 heterocycles. The summed E-state index contributed by atoms with van der Waals surface area (Å²) in [6.45, 7) is 0. The summed E-state index contributed by atoms with van der Waals surface area (Å²) in [4.78, 5) is 36.5. The number of thioether (sulfide) groups is 1. The highest BCUT2D eigenvalue weighted by molar-refractivity contribution is 8.27. The van der Waals surface area contributed by atoms with E-state index in [2.05, 4.69) is 0 Å². The number of nitro groups is 1. The third kappa shape index (κ3) is 4.03. The highest BCUT2D eigenvalue weighted by atomic mass is 35.5. The van der Waals surface area contributed by atoms with Crippen molar-refractivity contribution in [1.29, 1.82) is 0 Å². The number of non-ortho nitro benzene ring substituents is 1. The normalized spacial score (nSPS) is 14.9. The minimum absolute atomic E-state index is 0.0368. The van der Waals surface area contributed by atoms with Crippen LogP contribution >= 0.6 is 35.6 Å². The van der Waals surface area contributed by atoms with Crippen molar-refractivity contribution in [3.05, 3.63) is 92.1 Å². The molecule has 1 aliphatic heterocycles. The van der Waals surface area contributed by atoms with Gasteiger partial charge in [-0.05, 0) is 42.5 Å². The SMILES string of the molecule is O=C(O)c1cccc(N2C(=O)/C(=C/c3cccn3-c3cc([N+](=O)[O-])ccc3Cl)SC2=S)c1. The Bertz CT molecular complexity index is 1330. The van der Waals surface area contributed by atoms with Crippen LogP contribution in [-0.4, -0.2) is 30.8 Å². The largest absolute Gasteiger partial charge is 0.478 e. The van der Waals surface area contributed by atoms with E-state index < -0.39 is 16.8 Å². The summed E-state index contributed by atoms with van der Waals surface area (Å²) < 4.78 is 1.89. The number of rotatable bonds is 5. The maximum Gasteiger partial charge on any atom is 0.335 e. The number of carboxylic acids is 1. The lowest BCUT2D eigenvalue weighted by Gasteiger charge is -2.15. The van der Waals surface area contributed by atoms with Gasteiger partial charge in [0, 0.05) is 24.0 Å². The maximum absolute atomic E-state index is 13.1. The van der Waals surface area contributed by atoms with Crippen molar-refractivity contribution in [2.45, 2.75) is 0 Å². The molecule has 0 spiro atoms. The number of anilines is 1. The standard InChI is InChI=1S/C21H12ClN3O5S2/c22-16-7-6-15(25(29)30)10-17(16)23-8-2-5-13(23)11-18-19(26)24(21(31)32-18)14-4-1-3-12(9-14)20(27)28/h1-11H,(H,27,28)/b18-11-. The van der Waals surface area contributed by atoms with Gasteiger partial charge in [-0.15, -0.1) is 0 Å². The van der Waals surface area contributed by atoms with Crippen molar-refractivity contribution in [2.75, 3.05) is 4.90 Å². The van der Waals surface area contributed by atoms with Crippen molar-refractivity contribution >= 4 is 69.2 Å². The van der Waals surface area contributed by atoms with Crippen molar-refractivity contribution < 1.29 is 19.6 Å². The fourth-order valence-electron chi connectivity index (χ4n) is 3.13. The van der Waals surface area contributed by atoms with Crippen LogP contribution < -0.4 is 4.90 Å². The van der Waals surface area contributed by atoms with Crippen molar-refractivity contribution in [3.8, 4) is 5.69 Å². The number of carbonyl (C=O) groups is 2. The molecule has 160 valence electrons. The molecule has 3 aromatic rings. The minimum Gasteiger partial charge on any atom is -0.478 e. The summed E-state index contributed by atoms with van der Waals surface area (Å²) >= 11 is 12.7. The summed E-state index contributed by atoms with van der Waals surface area (Å²) in [7, 11) is 0. The molecule has 11 heteroatoms. The fraction of sp³-hybridized carbons (Fsp3) is 0. The first-order chi connectivity index (χ1) is 15.3. The number of aromatic carboxylic acids is 1. The summed E-state index contributed by atoms with van der Waals surface area (Å²) in [5, 5.41) is 20.7. The lowest BCUT2D eigenvalue weighted by molar-refractivity contribution is -0.384. The van der Waals surface area contributed by atoms with Crippen LogP contribution in [0.1, 0.15) is 16.1 Å². The molecule has 0 unspecified atom stereocenters. The molecule has 2 aromatic carbocycles. The molecular formula is C21H12ClN3O5S2. The summed E-state index contributed by atoms with van der Waals surface area (Å²) in [6.07, 6.45) is 3.28. The van der Waals surface area contributed by atoms with Gasteiger partial charge in [0.15, 0.2) is 4.32 Å². The molecule has 0 saturated carbocycles.